The van der Waals surface area contributed by atoms with Gasteiger partial charge in [-0.2, -0.15) is 11.8 Å². The van der Waals surface area contributed by atoms with Crippen molar-refractivity contribution in [3.05, 3.63) is 35.6 Å². The van der Waals surface area contributed by atoms with Crippen LogP contribution < -0.4 is 10.6 Å². The minimum Gasteiger partial charge on any atom is -0.356 e. The average molecular weight is 269 g/mol. The number of nitrogens with one attached hydrogen (secondary N) is 2. The van der Waals surface area contributed by atoms with Crippen LogP contribution in [-0.4, -0.2) is 38.1 Å². The number of halogens is 1. The molecule has 2 N–H and O–H groups in total. The maximum atomic E-state index is 12.7. The molecule has 0 aliphatic carbocycles. The Kier molecular flexibility index (Phi) is 7.25. The van der Waals surface area contributed by atoms with E-state index in [1.54, 1.807) is 30.9 Å². The standard InChI is InChI=1S/C13H20FN3S/c1-15-13(17-9-10-18-2)16-8-7-11-3-5-12(14)6-4-11/h3-6H,7-10H2,1-2H3,(H2,15,16,17). The molecule has 100 valence electrons. The Morgan fingerprint density at radius 3 is 2.50 bits per heavy atom. The van der Waals surface area contributed by atoms with E-state index in [0.717, 1.165) is 36.8 Å². The van der Waals surface area contributed by atoms with Gasteiger partial charge in [0.25, 0.3) is 0 Å². The van der Waals surface area contributed by atoms with E-state index in [0.29, 0.717) is 0 Å². The van der Waals surface area contributed by atoms with Gasteiger partial charge in [0.1, 0.15) is 5.82 Å². The molecule has 0 spiro atoms. The first-order valence-electron chi connectivity index (χ1n) is 5.94. The minimum atomic E-state index is -0.193. The topological polar surface area (TPSA) is 36.4 Å². The van der Waals surface area contributed by atoms with Crippen LogP contribution in [0.5, 0.6) is 0 Å². The normalized spacial score (nSPS) is 11.4. The van der Waals surface area contributed by atoms with Crippen LogP contribution >= 0.6 is 11.8 Å². The lowest BCUT2D eigenvalue weighted by Crippen LogP contribution is -2.39. The van der Waals surface area contributed by atoms with Gasteiger partial charge in [-0.3, -0.25) is 4.99 Å². The van der Waals surface area contributed by atoms with Crippen LogP contribution in [0.2, 0.25) is 0 Å². The third-order valence-corrected chi connectivity index (χ3v) is 3.05. The van der Waals surface area contributed by atoms with Crippen LogP contribution in [0, 0.1) is 5.82 Å². The van der Waals surface area contributed by atoms with Gasteiger partial charge in [0.2, 0.25) is 0 Å². The fourth-order valence-electron chi connectivity index (χ4n) is 1.47. The van der Waals surface area contributed by atoms with Crippen molar-refractivity contribution in [3.63, 3.8) is 0 Å². The number of benzene rings is 1. The first-order chi connectivity index (χ1) is 8.76. The summed E-state index contributed by atoms with van der Waals surface area (Å²) in [5.41, 5.74) is 1.11. The molecule has 0 saturated heterocycles. The Bertz CT molecular complexity index is 365. The van der Waals surface area contributed by atoms with Crippen LogP contribution in [-0.2, 0) is 6.42 Å². The smallest absolute Gasteiger partial charge is 0.191 e. The van der Waals surface area contributed by atoms with Gasteiger partial charge in [-0.25, -0.2) is 4.39 Å². The summed E-state index contributed by atoms with van der Waals surface area (Å²) in [4.78, 5) is 4.13. The maximum absolute atomic E-state index is 12.7. The molecule has 0 atom stereocenters. The SMILES string of the molecule is CN=C(NCCSC)NCCc1ccc(F)cc1. The summed E-state index contributed by atoms with van der Waals surface area (Å²) in [6.07, 6.45) is 2.93. The molecule has 0 bridgehead atoms. The first kappa shape index (κ1) is 14.8. The lowest BCUT2D eigenvalue weighted by Gasteiger charge is -2.11. The van der Waals surface area contributed by atoms with Crippen LogP contribution in [0.25, 0.3) is 0 Å². The summed E-state index contributed by atoms with van der Waals surface area (Å²) < 4.78 is 12.7. The number of thioether (sulfide) groups is 1. The summed E-state index contributed by atoms with van der Waals surface area (Å²) in [6.45, 7) is 1.68. The van der Waals surface area contributed by atoms with Crippen LogP contribution in [0.1, 0.15) is 5.56 Å². The fourth-order valence-corrected chi connectivity index (χ4v) is 1.77. The molecule has 0 amide bonds. The van der Waals surface area contributed by atoms with Gasteiger partial charge in [0.15, 0.2) is 5.96 Å². The Hall–Kier alpha value is -1.23. The van der Waals surface area contributed by atoms with Gasteiger partial charge in [-0.1, -0.05) is 12.1 Å². The molecule has 18 heavy (non-hydrogen) atoms. The van der Waals surface area contributed by atoms with Crippen molar-refractivity contribution in [2.75, 3.05) is 32.1 Å². The Labute approximate surface area is 112 Å². The molecule has 0 fully saturated rings. The summed E-state index contributed by atoms with van der Waals surface area (Å²) in [6, 6.07) is 6.59. The largest absolute Gasteiger partial charge is 0.356 e. The highest BCUT2D eigenvalue weighted by Gasteiger charge is 1.97. The van der Waals surface area contributed by atoms with E-state index in [1.807, 2.05) is 0 Å². The molecule has 3 nitrogen and oxygen atoms in total. The number of hydrogen-bond acceptors (Lipinski definition) is 2. The molecule has 0 radical (unpaired) electrons. The Balaban J connectivity index is 2.25. The molecule has 1 aromatic rings. The molecule has 0 aromatic heterocycles. The van der Waals surface area contributed by atoms with Crippen LogP contribution in [0.4, 0.5) is 4.39 Å². The van der Waals surface area contributed by atoms with Gasteiger partial charge < -0.3 is 10.6 Å². The summed E-state index contributed by atoms with van der Waals surface area (Å²) in [5, 5.41) is 6.45. The van der Waals surface area contributed by atoms with E-state index in [9.17, 15) is 4.39 Å². The number of rotatable bonds is 6. The average Bonchev–Trinajstić information content (AvgIpc) is 2.39. The minimum absolute atomic E-state index is 0.193. The second kappa shape index (κ2) is 8.80. The van der Waals surface area contributed by atoms with Crippen molar-refractivity contribution < 1.29 is 4.39 Å². The lowest BCUT2D eigenvalue weighted by molar-refractivity contribution is 0.626. The van der Waals surface area contributed by atoms with E-state index in [-0.39, 0.29) is 5.82 Å². The van der Waals surface area contributed by atoms with Crippen molar-refractivity contribution >= 4 is 17.7 Å². The molecular formula is C13H20FN3S. The monoisotopic (exact) mass is 269 g/mol. The Morgan fingerprint density at radius 1 is 1.22 bits per heavy atom. The fraction of sp³-hybridized carbons (Fsp3) is 0.462. The maximum Gasteiger partial charge on any atom is 0.191 e. The second-order valence-electron chi connectivity index (χ2n) is 3.80. The summed E-state index contributed by atoms with van der Waals surface area (Å²) in [7, 11) is 1.76. The van der Waals surface area contributed by atoms with Crippen molar-refractivity contribution in [3.8, 4) is 0 Å². The summed E-state index contributed by atoms with van der Waals surface area (Å²) >= 11 is 1.80. The van der Waals surface area contributed by atoms with Crippen molar-refractivity contribution in [2.24, 2.45) is 4.99 Å². The number of hydrogen-bond donors (Lipinski definition) is 2. The molecule has 0 unspecified atom stereocenters. The second-order valence-corrected chi connectivity index (χ2v) is 4.78. The predicted octanol–water partition coefficient (Wildman–Crippen LogP) is 1.90. The highest BCUT2D eigenvalue weighted by atomic mass is 32.2. The number of guanidine groups is 1. The zero-order valence-electron chi connectivity index (χ0n) is 10.9. The first-order valence-corrected chi connectivity index (χ1v) is 7.33. The molecular weight excluding hydrogens is 249 g/mol. The zero-order chi connectivity index (χ0) is 13.2. The highest BCUT2D eigenvalue weighted by molar-refractivity contribution is 7.98. The van der Waals surface area contributed by atoms with E-state index in [1.165, 1.54) is 12.1 Å². The molecule has 5 heteroatoms. The van der Waals surface area contributed by atoms with E-state index < -0.39 is 0 Å². The molecule has 1 rings (SSSR count). The van der Waals surface area contributed by atoms with Crippen LogP contribution in [0.3, 0.4) is 0 Å². The van der Waals surface area contributed by atoms with E-state index in [2.05, 4.69) is 21.9 Å². The van der Waals surface area contributed by atoms with Crippen LogP contribution in [0.15, 0.2) is 29.3 Å². The van der Waals surface area contributed by atoms with Crippen molar-refractivity contribution in [1.29, 1.82) is 0 Å². The molecule has 0 saturated carbocycles. The zero-order valence-corrected chi connectivity index (χ0v) is 11.7. The Morgan fingerprint density at radius 2 is 1.89 bits per heavy atom. The number of aliphatic imine (C=N–C) groups is 1. The third kappa shape index (κ3) is 5.91. The van der Waals surface area contributed by atoms with Gasteiger partial charge >= 0.3 is 0 Å². The van der Waals surface area contributed by atoms with E-state index in [4.69, 9.17) is 0 Å². The van der Waals surface area contributed by atoms with Gasteiger partial charge in [0, 0.05) is 25.9 Å². The quantitative estimate of drug-likeness (QED) is 0.470. The third-order valence-electron chi connectivity index (χ3n) is 2.44. The van der Waals surface area contributed by atoms with Crippen molar-refractivity contribution in [2.45, 2.75) is 6.42 Å². The molecule has 0 aliphatic rings. The highest BCUT2D eigenvalue weighted by Crippen LogP contribution is 2.02. The predicted molar refractivity (Wildman–Crippen MR) is 77.9 cm³/mol. The van der Waals surface area contributed by atoms with Gasteiger partial charge in [0.05, 0.1) is 0 Å². The van der Waals surface area contributed by atoms with Gasteiger partial charge in [-0.05, 0) is 30.4 Å². The molecule has 0 aliphatic heterocycles. The van der Waals surface area contributed by atoms with Gasteiger partial charge in [-0.15, -0.1) is 0 Å². The lowest BCUT2D eigenvalue weighted by atomic mass is 10.1. The number of nitrogens with zero attached hydrogens (tertiary/aromatic N) is 1. The molecule has 1 aromatic carbocycles. The summed E-state index contributed by atoms with van der Waals surface area (Å²) in [5.74, 6) is 1.67. The van der Waals surface area contributed by atoms with Crippen molar-refractivity contribution in [1.82, 2.24) is 10.6 Å². The van der Waals surface area contributed by atoms with E-state index >= 15 is 0 Å². The molecule has 0 heterocycles.